The zero-order valence-electron chi connectivity index (χ0n) is 21.3. The first-order valence-electron chi connectivity index (χ1n) is 12.6. The van der Waals surface area contributed by atoms with Crippen LogP contribution >= 0.6 is 0 Å². The van der Waals surface area contributed by atoms with Crippen LogP contribution in [-0.2, 0) is 16.1 Å². The zero-order chi connectivity index (χ0) is 27.2. The molecule has 0 saturated heterocycles. The number of amides is 1. The summed E-state index contributed by atoms with van der Waals surface area (Å²) in [5, 5.41) is 0.205. The topological polar surface area (TPSA) is 104 Å². The minimum Gasteiger partial charge on any atom is -0.493 e. The lowest BCUT2D eigenvalue weighted by molar-refractivity contribution is -0.118. The molecule has 3 aromatic heterocycles. The number of aromatic nitrogens is 3. The number of pyridine rings is 2. The molecule has 0 aliphatic heterocycles. The molecule has 3 heterocycles. The smallest absolute Gasteiger partial charge is 0.341 e. The molecule has 9 nitrogen and oxygen atoms in total. The van der Waals surface area contributed by atoms with Gasteiger partial charge >= 0.3 is 5.97 Å². The first kappa shape index (κ1) is 25.6. The van der Waals surface area contributed by atoms with Gasteiger partial charge in [-0.1, -0.05) is 54.6 Å². The summed E-state index contributed by atoms with van der Waals surface area (Å²) in [5.74, 6) is -0.542. The molecule has 5 aromatic rings. The van der Waals surface area contributed by atoms with E-state index in [-0.39, 0.29) is 48.2 Å². The third-order valence-electron chi connectivity index (χ3n) is 6.03. The number of carbonyl (C=O) groups excluding carboxylic acids is 2. The van der Waals surface area contributed by atoms with Gasteiger partial charge in [0.05, 0.1) is 31.6 Å². The Hall–Kier alpha value is -5.05. The van der Waals surface area contributed by atoms with E-state index in [1.54, 1.807) is 48.0 Å². The fourth-order valence-corrected chi connectivity index (χ4v) is 4.22. The van der Waals surface area contributed by atoms with Gasteiger partial charge in [-0.25, -0.2) is 9.78 Å². The highest BCUT2D eigenvalue weighted by molar-refractivity contribution is 5.93. The highest BCUT2D eigenvalue weighted by Gasteiger charge is 2.20. The molecule has 5 rings (SSSR count). The van der Waals surface area contributed by atoms with Gasteiger partial charge in [0.1, 0.15) is 22.6 Å². The van der Waals surface area contributed by atoms with E-state index < -0.39 is 11.9 Å². The molecule has 0 N–H and O–H groups in total. The number of hydrogen-bond acceptors (Lipinski definition) is 6. The van der Waals surface area contributed by atoms with E-state index in [4.69, 9.17) is 14.5 Å². The lowest BCUT2D eigenvalue weighted by Gasteiger charge is -2.15. The van der Waals surface area contributed by atoms with Crippen molar-refractivity contribution in [1.82, 2.24) is 14.0 Å². The van der Waals surface area contributed by atoms with Crippen molar-refractivity contribution >= 4 is 28.6 Å². The van der Waals surface area contributed by atoms with Gasteiger partial charge in [-0.05, 0) is 42.8 Å². The summed E-state index contributed by atoms with van der Waals surface area (Å²) in [6.45, 7) is 2.12. The predicted octanol–water partition coefficient (Wildman–Crippen LogP) is 3.77. The summed E-state index contributed by atoms with van der Waals surface area (Å²) in [6, 6.07) is 25.3. The van der Waals surface area contributed by atoms with Crippen LogP contribution < -0.4 is 15.8 Å². The molecule has 39 heavy (non-hydrogen) atoms. The van der Waals surface area contributed by atoms with Crippen molar-refractivity contribution in [1.29, 1.82) is 0 Å². The minimum atomic E-state index is -0.689. The Morgan fingerprint density at radius 3 is 2.41 bits per heavy atom. The number of fused-ring (bicyclic) bond motifs is 2. The molecule has 0 fully saturated rings. The van der Waals surface area contributed by atoms with E-state index >= 15 is 0 Å². The van der Waals surface area contributed by atoms with Crippen molar-refractivity contribution in [2.45, 2.75) is 19.9 Å². The summed E-state index contributed by atoms with van der Waals surface area (Å²) in [4.78, 5) is 48.7. The van der Waals surface area contributed by atoms with Crippen molar-refractivity contribution in [3.63, 3.8) is 0 Å². The van der Waals surface area contributed by atoms with Crippen LogP contribution in [0, 0.1) is 0 Å². The second kappa shape index (κ2) is 11.6. The maximum Gasteiger partial charge on any atom is 0.341 e. The first-order valence-corrected chi connectivity index (χ1v) is 12.6. The number of carbonyl (C=O) groups is 2. The molecule has 0 atom stereocenters. The maximum atomic E-state index is 13.5. The Morgan fingerprint density at radius 2 is 1.67 bits per heavy atom. The van der Waals surface area contributed by atoms with Crippen molar-refractivity contribution < 1.29 is 19.1 Å². The normalized spacial score (nSPS) is 11.6. The Bertz CT molecular complexity index is 1780. The molecule has 9 heteroatoms. The number of hydrogen-bond donors (Lipinski definition) is 0. The monoisotopic (exact) mass is 522 g/mol. The molecule has 0 aliphatic carbocycles. The SMILES string of the molecule is CCOC(=O)c1cc2c(=O)n3ccccc3nc2n(Cc2ccccc2)c1=NC(=O)CCOc1ccccc1. The fraction of sp³-hybridized carbons (Fsp3) is 0.167. The van der Waals surface area contributed by atoms with Crippen LogP contribution in [0.3, 0.4) is 0 Å². The van der Waals surface area contributed by atoms with Crippen LogP contribution in [0.1, 0.15) is 29.3 Å². The molecule has 2 aromatic carbocycles. The van der Waals surface area contributed by atoms with E-state index in [0.29, 0.717) is 17.0 Å². The minimum absolute atomic E-state index is 0.00684. The van der Waals surface area contributed by atoms with Gasteiger partial charge in [0.15, 0.2) is 5.49 Å². The molecule has 0 aliphatic rings. The lowest BCUT2D eigenvalue weighted by atomic mass is 10.1. The van der Waals surface area contributed by atoms with Crippen LogP contribution in [0.2, 0.25) is 0 Å². The van der Waals surface area contributed by atoms with Gasteiger partial charge in [-0.15, -0.1) is 0 Å². The second-order valence-corrected chi connectivity index (χ2v) is 8.67. The average Bonchev–Trinajstić information content (AvgIpc) is 2.96. The van der Waals surface area contributed by atoms with Crippen LogP contribution in [0.4, 0.5) is 0 Å². The molecule has 0 bridgehead atoms. The number of esters is 1. The van der Waals surface area contributed by atoms with Crippen LogP contribution in [0.25, 0.3) is 16.7 Å². The zero-order valence-corrected chi connectivity index (χ0v) is 21.3. The third-order valence-corrected chi connectivity index (χ3v) is 6.03. The predicted molar refractivity (Wildman–Crippen MR) is 146 cm³/mol. The number of nitrogens with zero attached hydrogens (tertiary/aromatic N) is 4. The van der Waals surface area contributed by atoms with Gasteiger partial charge < -0.3 is 14.0 Å². The Labute approximate surface area is 223 Å². The third kappa shape index (κ3) is 5.62. The van der Waals surface area contributed by atoms with Gasteiger partial charge in [0, 0.05) is 6.20 Å². The molecular weight excluding hydrogens is 496 g/mol. The molecular formula is C30H26N4O5. The largest absolute Gasteiger partial charge is 0.493 e. The molecule has 196 valence electrons. The van der Waals surface area contributed by atoms with Crippen molar-refractivity contribution in [2.24, 2.45) is 4.99 Å². The molecule has 0 radical (unpaired) electrons. The van der Waals surface area contributed by atoms with E-state index in [1.807, 2.05) is 48.5 Å². The van der Waals surface area contributed by atoms with Gasteiger partial charge in [-0.2, -0.15) is 4.99 Å². The lowest BCUT2D eigenvalue weighted by Crippen LogP contribution is -2.33. The number of benzene rings is 2. The molecule has 0 spiro atoms. The molecule has 0 unspecified atom stereocenters. The average molecular weight is 523 g/mol. The van der Waals surface area contributed by atoms with Gasteiger partial charge in [-0.3, -0.25) is 14.0 Å². The Kier molecular flexibility index (Phi) is 7.58. The highest BCUT2D eigenvalue weighted by Crippen LogP contribution is 2.14. The van der Waals surface area contributed by atoms with Gasteiger partial charge in [0.25, 0.3) is 11.5 Å². The second-order valence-electron chi connectivity index (χ2n) is 8.67. The maximum absolute atomic E-state index is 13.5. The summed E-state index contributed by atoms with van der Waals surface area (Å²) in [7, 11) is 0. The van der Waals surface area contributed by atoms with Crippen LogP contribution in [-0.4, -0.2) is 39.0 Å². The standard InChI is InChI=1S/C30H26N4O5/c1-2-38-30(37)24-19-23-27(31-25-15-9-10-17-33(25)29(23)36)34(20-21-11-5-3-6-12-21)28(24)32-26(35)16-18-39-22-13-7-4-8-14-22/h3-15,17,19H,2,16,18,20H2,1H3. The highest BCUT2D eigenvalue weighted by atomic mass is 16.5. The molecule has 0 saturated carbocycles. The van der Waals surface area contributed by atoms with Crippen molar-refractivity contribution in [3.05, 3.63) is 118 Å². The molecule has 1 amide bonds. The van der Waals surface area contributed by atoms with E-state index in [1.165, 1.54) is 10.5 Å². The van der Waals surface area contributed by atoms with E-state index in [2.05, 4.69) is 4.99 Å². The van der Waals surface area contributed by atoms with Crippen molar-refractivity contribution in [3.8, 4) is 5.75 Å². The number of para-hydroxylation sites is 1. The number of rotatable bonds is 8. The number of ether oxygens (including phenoxy) is 2. The summed E-state index contributed by atoms with van der Waals surface area (Å²) in [5.41, 5.74) is 1.33. The van der Waals surface area contributed by atoms with E-state index in [0.717, 1.165) is 5.56 Å². The van der Waals surface area contributed by atoms with Crippen molar-refractivity contribution in [2.75, 3.05) is 13.2 Å². The Balaban J connectivity index is 1.69. The summed E-state index contributed by atoms with van der Waals surface area (Å²) in [6.07, 6.45) is 1.60. The Morgan fingerprint density at radius 1 is 0.949 bits per heavy atom. The summed E-state index contributed by atoms with van der Waals surface area (Å²) < 4.78 is 14.0. The first-order chi connectivity index (χ1) is 19.0. The van der Waals surface area contributed by atoms with Crippen LogP contribution in [0.5, 0.6) is 5.75 Å². The summed E-state index contributed by atoms with van der Waals surface area (Å²) >= 11 is 0. The fourth-order valence-electron chi connectivity index (χ4n) is 4.22. The quantitative estimate of drug-likeness (QED) is 0.227. The van der Waals surface area contributed by atoms with Crippen LogP contribution in [0.15, 0.2) is 101 Å². The van der Waals surface area contributed by atoms with E-state index in [9.17, 15) is 14.4 Å². The van der Waals surface area contributed by atoms with Gasteiger partial charge in [0.2, 0.25) is 0 Å².